The molecule has 0 spiro atoms. The second-order valence-corrected chi connectivity index (χ2v) is 10.5. The predicted octanol–water partition coefficient (Wildman–Crippen LogP) is 3.95. The van der Waals surface area contributed by atoms with Crippen molar-refractivity contribution in [2.24, 2.45) is 12.0 Å². The lowest BCUT2D eigenvalue weighted by atomic mass is 10.2. The van der Waals surface area contributed by atoms with E-state index in [-0.39, 0.29) is 24.5 Å². The van der Waals surface area contributed by atoms with E-state index >= 15 is 0 Å². The molecule has 1 aromatic heterocycles. The Kier molecular flexibility index (Phi) is 6.42. The second kappa shape index (κ2) is 8.63. The van der Waals surface area contributed by atoms with Crippen molar-refractivity contribution in [3.8, 4) is 0 Å². The van der Waals surface area contributed by atoms with Gasteiger partial charge in [-0.1, -0.05) is 29.0 Å². The number of carbonyl (C=O) groups excluding carboxylic acids is 1. The Morgan fingerprint density at radius 2 is 1.89 bits per heavy atom. The Bertz CT molecular complexity index is 1170. The number of nitrogens with zero attached hydrogens (tertiary/aromatic N) is 2. The van der Waals surface area contributed by atoms with Gasteiger partial charge < -0.3 is 4.57 Å². The van der Waals surface area contributed by atoms with Crippen LogP contribution in [0, 0.1) is 6.92 Å². The third kappa shape index (κ3) is 4.74. The van der Waals surface area contributed by atoms with Gasteiger partial charge in [-0.2, -0.15) is 4.99 Å². The van der Waals surface area contributed by atoms with Crippen molar-refractivity contribution in [1.82, 2.24) is 4.57 Å². The van der Waals surface area contributed by atoms with E-state index in [0.29, 0.717) is 9.70 Å². The lowest BCUT2D eigenvalue weighted by Crippen LogP contribution is -2.14. The highest BCUT2D eigenvalue weighted by molar-refractivity contribution is 7.98. The van der Waals surface area contributed by atoms with Gasteiger partial charge in [-0.15, -0.1) is 11.8 Å². The fourth-order valence-electron chi connectivity index (χ4n) is 2.79. The van der Waals surface area contributed by atoms with E-state index in [1.165, 1.54) is 11.3 Å². The molecule has 28 heavy (non-hydrogen) atoms. The Hall–Kier alpha value is -1.90. The molecule has 0 N–H and O–H groups in total. The predicted molar refractivity (Wildman–Crippen MR) is 116 cm³/mol. The largest absolute Gasteiger partial charge is 0.319 e. The molecule has 1 heterocycles. The van der Waals surface area contributed by atoms with Crippen LogP contribution >= 0.6 is 23.1 Å². The van der Waals surface area contributed by atoms with E-state index in [1.54, 1.807) is 36.0 Å². The second-order valence-electron chi connectivity index (χ2n) is 6.52. The molecular weight excluding hydrogens is 412 g/mol. The summed E-state index contributed by atoms with van der Waals surface area (Å²) >= 11 is 3.13. The number of rotatable bonds is 6. The van der Waals surface area contributed by atoms with E-state index in [0.717, 1.165) is 20.7 Å². The minimum atomic E-state index is -3.38. The lowest BCUT2D eigenvalue weighted by Gasteiger charge is -2.04. The van der Waals surface area contributed by atoms with E-state index < -0.39 is 9.84 Å². The minimum Gasteiger partial charge on any atom is -0.319 e. The highest BCUT2D eigenvalue weighted by Crippen LogP contribution is 2.23. The zero-order chi connectivity index (χ0) is 20.3. The van der Waals surface area contributed by atoms with Crippen LogP contribution in [0.4, 0.5) is 0 Å². The number of sulfone groups is 1. The van der Waals surface area contributed by atoms with Gasteiger partial charge in [-0.25, -0.2) is 8.42 Å². The summed E-state index contributed by atoms with van der Waals surface area (Å²) < 4.78 is 27.7. The first kappa shape index (κ1) is 20.8. The summed E-state index contributed by atoms with van der Waals surface area (Å²) in [5.41, 5.74) is 2.03. The fraction of sp³-hybridized carbons (Fsp3) is 0.300. The molecule has 1 amide bonds. The first-order valence-electron chi connectivity index (χ1n) is 8.81. The maximum absolute atomic E-state index is 12.4. The fourth-order valence-corrected chi connectivity index (χ4v) is 5.69. The zero-order valence-electron chi connectivity index (χ0n) is 16.0. The van der Waals surface area contributed by atoms with Crippen LogP contribution in [0.2, 0.25) is 0 Å². The van der Waals surface area contributed by atoms with Crippen LogP contribution in [0.5, 0.6) is 0 Å². The van der Waals surface area contributed by atoms with Crippen LogP contribution in [0.3, 0.4) is 0 Å². The average molecular weight is 435 g/mol. The normalized spacial score (nSPS) is 12.6. The molecule has 0 saturated heterocycles. The number of hydrogen-bond donors (Lipinski definition) is 0. The van der Waals surface area contributed by atoms with Gasteiger partial charge in [0.25, 0.3) is 0 Å². The standard InChI is InChI=1S/C20H22N2O3S3/c1-14-6-9-16(10-7-14)28(24,25)12-4-5-19(23)21-20-22(2)17-11-8-15(26-3)13-18(17)27-20/h6-11,13H,4-5,12H2,1-3H3. The quantitative estimate of drug-likeness (QED) is 0.551. The molecule has 3 rings (SSSR count). The first-order valence-corrected chi connectivity index (χ1v) is 12.5. The smallest absolute Gasteiger partial charge is 0.248 e. The molecule has 0 aliphatic rings. The van der Waals surface area contributed by atoms with Gasteiger partial charge in [0.1, 0.15) is 0 Å². The van der Waals surface area contributed by atoms with E-state index in [1.807, 2.05) is 36.9 Å². The number of benzene rings is 2. The molecule has 0 saturated carbocycles. The van der Waals surface area contributed by atoms with Crippen molar-refractivity contribution in [1.29, 1.82) is 0 Å². The molecule has 5 nitrogen and oxygen atoms in total. The Balaban J connectivity index is 1.69. The van der Waals surface area contributed by atoms with Crippen molar-refractivity contribution in [2.45, 2.75) is 29.6 Å². The van der Waals surface area contributed by atoms with Gasteiger partial charge in [0.05, 0.1) is 20.9 Å². The van der Waals surface area contributed by atoms with Crippen LogP contribution in [-0.4, -0.2) is 30.9 Å². The molecular formula is C20H22N2O3S3. The summed E-state index contributed by atoms with van der Waals surface area (Å²) in [5.74, 6) is -0.362. The first-order chi connectivity index (χ1) is 13.3. The molecule has 0 unspecified atom stereocenters. The van der Waals surface area contributed by atoms with Gasteiger partial charge in [-0.3, -0.25) is 4.79 Å². The number of hydrogen-bond acceptors (Lipinski definition) is 5. The average Bonchev–Trinajstić information content (AvgIpc) is 2.96. The number of amides is 1. The SMILES string of the molecule is CSc1ccc2c(c1)sc(=NC(=O)CCCS(=O)(=O)c1ccc(C)cc1)n2C. The molecule has 8 heteroatoms. The van der Waals surface area contributed by atoms with Gasteiger partial charge >= 0.3 is 0 Å². The van der Waals surface area contributed by atoms with Crippen molar-refractivity contribution < 1.29 is 13.2 Å². The summed E-state index contributed by atoms with van der Waals surface area (Å²) in [7, 11) is -1.50. The number of aryl methyl sites for hydroxylation is 2. The summed E-state index contributed by atoms with van der Waals surface area (Å²) in [6.45, 7) is 1.91. The molecule has 2 aromatic carbocycles. The van der Waals surface area contributed by atoms with Gasteiger partial charge in [0.15, 0.2) is 14.6 Å². The minimum absolute atomic E-state index is 0.0626. The van der Waals surface area contributed by atoms with Crippen LogP contribution in [0.1, 0.15) is 18.4 Å². The number of aromatic nitrogens is 1. The van der Waals surface area contributed by atoms with Crippen LogP contribution < -0.4 is 4.80 Å². The maximum atomic E-state index is 12.4. The van der Waals surface area contributed by atoms with Gasteiger partial charge in [-0.05, 0) is 49.9 Å². The summed E-state index contributed by atoms with van der Waals surface area (Å²) in [4.78, 5) is 18.5. The number of carbonyl (C=O) groups is 1. The Labute approximate surface area is 173 Å². The third-order valence-electron chi connectivity index (χ3n) is 4.42. The number of thioether (sulfide) groups is 1. The maximum Gasteiger partial charge on any atom is 0.248 e. The molecule has 148 valence electrons. The van der Waals surface area contributed by atoms with Crippen LogP contribution in [0.15, 0.2) is 57.2 Å². The molecule has 0 bridgehead atoms. The van der Waals surface area contributed by atoms with Crippen LogP contribution in [-0.2, 0) is 21.7 Å². The third-order valence-corrected chi connectivity index (χ3v) is 8.06. The van der Waals surface area contributed by atoms with E-state index in [9.17, 15) is 13.2 Å². The van der Waals surface area contributed by atoms with Crippen molar-refractivity contribution in [3.63, 3.8) is 0 Å². The summed E-state index contributed by atoms with van der Waals surface area (Å²) in [6.07, 6.45) is 2.38. The lowest BCUT2D eigenvalue weighted by molar-refractivity contribution is -0.118. The summed E-state index contributed by atoms with van der Waals surface area (Å²) in [6, 6.07) is 12.9. The van der Waals surface area contributed by atoms with Crippen molar-refractivity contribution >= 4 is 49.1 Å². The monoisotopic (exact) mass is 434 g/mol. The topological polar surface area (TPSA) is 68.5 Å². The van der Waals surface area contributed by atoms with Gasteiger partial charge in [0.2, 0.25) is 5.91 Å². The number of fused-ring (bicyclic) bond motifs is 1. The zero-order valence-corrected chi connectivity index (χ0v) is 18.5. The molecule has 0 atom stereocenters. The van der Waals surface area contributed by atoms with E-state index in [2.05, 4.69) is 11.1 Å². The Morgan fingerprint density at radius 3 is 2.57 bits per heavy atom. The molecule has 0 radical (unpaired) electrons. The van der Waals surface area contributed by atoms with Crippen LogP contribution in [0.25, 0.3) is 10.2 Å². The van der Waals surface area contributed by atoms with E-state index in [4.69, 9.17) is 0 Å². The highest BCUT2D eigenvalue weighted by atomic mass is 32.2. The number of thiazole rings is 1. The van der Waals surface area contributed by atoms with Gasteiger partial charge in [0, 0.05) is 18.4 Å². The molecule has 3 aromatic rings. The molecule has 0 fully saturated rings. The molecule has 0 aliphatic carbocycles. The molecule has 0 aliphatic heterocycles. The van der Waals surface area contributed by atoms with Crippen molar-refractivity contribution in [2.75, 3.05) is 12.0 Å². The van der Waals surface area contributed by atoms with Crippen molar-refractivity contribution in [3.05, 3.63) is 52.8 Å². The Morgan fingerprint density at radius 1 is 1.18 bits per heavy atom. The summed E-state index contributed by atoms with van der Waals surface area (Å²) in [5, 5.41) is 0. The highest BCUT2D eigenvalue weighted by Gasteiger charge is 2.15.